The van der Waals surface area contributed by atoms with Crippen LogP contribution in [0, 0.1) is 21.7 Å². The van der Waals surface area contributed by atoms with E-state index in [1.807, 2.05) is 0 Å². The molecule has 1 saturated heterocycles. The van der Waals surface area contributed by atoms with Crippen molar-refractivity contribution in [1.82, 2.24) is 4.57 Å². The predicted molar refractivity (Wildman–Crippen MR) is 208 cm³/mol. The van der Waals surface area contributed by atoms with Crippen molar-refractivity contribution in [2.24, 2.45) is 21.7 Å². The summed E-state index contributed by atoms with van der Waals surface area (Å²) in [6.07, 6.45) is 7.96. The Morgan fingerprint density at radius 3 is 1.80 bits per heavy atom. The van der Waals surface area contributed by atoms with Crippen molar-refractivity contribution in [3.63, 3.8) is 0 Å². The van der Waals surface area contributed by atoms with Gasteiger partial charge in [0.15, 0.2) is 0 Å². The van der Waals surface area contributed by atoms with E-state index in [-0.39, 0.29) is 21.7 Å². The Bertz CT molecular complexity index is 1570. The van der Waals surface area contributed by atoms with Gasteiger partial charge in [0.25, 0.3) is 0 Å². The van der Waals surface area contributed by atoms with Crippen LogP contribution in [0.3, 0.4) is 0 Å². The zero-order valence-electron chi connectivity index (χ0n) is 32.2. The van der Waals surface area contributed by atoms with Crippen LogP contribution in [0.1, 0.15) is 125 Å². The first-order valence-corrected chi connectivity index (χ1v) is 19.1. The monoisotopic (exact) mass is 667 g/mol. The van der Waals surface area contributed by atoms with Crippen LogP contribution in [0.15, 0.2) is 72.8 Å². The molecule has 4 heteroatoms. The number of rotatable bonds is 18. The van der Waals surface area contributed by atoms with Crippen molar-refractivity contribution in [2.45, 2.75) is 119 Å². The summed E-state index contributed by atoms with van der Waals surface area (Å²) >= 11 is 0. The van der Waals surface area contributed by atoms with Crippen LogP contribution in [0.2, 0.25) is 0 Å². The molecule has 3 aromatic carbocycles. The predicted octanol–water partition coefficient (Wildman–Crippen LogP) is 12.4. The van der Waals surface area contributed by atoms with E-state index >= 15 is 0 Å². The first kappa shape index (κ1) is 37.4. The third-order valence-electron chi connectivity index (χ3n) is 11.9. The van der Waals surface area contributed by atoms with Crippen molar-refractivity contribution in [3.05, 3.63) is 78.4 Å². The molecule has 49 heavy (non-hydrogen) atoms. The highest BCUT2D eigenvalue weighted by Crippen LogP contribution is 2.53. The minimum atomic E-state index is 0.0934. The number of hydrogen-bond acceptors (Lipinski definition) is 3. The maximum absolute atomic E-state index is 6.15. The van der Waals surface area contributed by atoms with Crippen molar-refractivity contribution >= 4 is 21.8 Å². The second-order valence-electron chi connectivity index (χ2n) is 17.8. The topological polar surface area (TPSA) is 32.6 Å². The van der Waals surface area contributed by atoms with E-state index < -0.39 is 0 Å². The molecule has 1 aliphatic rings. The summed E-state index contributed by atoms with van der Waals surface area (Å²) in [5.41, 5.74) is 4.69. The summed E-state index contributed by atoms with van der Waals surface area (Å²) in [5.74, 6) is 1.49. The van der Waals surface area contributed by atoms with Crippen LogP contribution in [0.25, 0.3) is 21.8 Å². The molecule has 5 rings (SSSR count). The Hall–Kier alpha value is -2.82. The molecule has 1 aromatic heterocycles. The van der Waals surface area contributed by atoms with Gasteiger partial charge in [-0.05, 0) is 90.5 Å². The third kappa shape index (κ3) is 8.92. The Labute approximate surface area is 297 Å². The quantitative estimate of drug-likeness (QED) is 0.0990. The second-order valence-corrected chi connectivity index (χ2v) is 17.8. The molecule has 0 radical (unpaired) electrons. The SMILES string of the molecule is CCC(CC(C)(C)C(C)(C)CC(n1c2ccccc2c2ccccc21)C(C)(C)C)c1ccc(OCCCCCCOCC2(C)COC2)cc1. The van der Waals surface area contributed by atoms with Crippen LogP contribution >= 0.6 is 0 Å². The van der Waals surface area contributed by atoms with Crippen LogP contribution < -0.4 is 4.74 Å². The van der Waals surface area contributed by atoms with Gasteiger partial charge in [-0.2, -0.15) is 0 Å². The van der Waals surface area contributed by atoms with Gasteiger partial charge >= 0.3 is 0 Å². The lowest BCUT2D eigenvalue weighted by Gasteiger charge is -2.48. The lowest BCUT2D eigenvalue weighted by atomic mass is 9.59. The van der Waals surface area contributed by atoms with E-state index in [9.17, 15) is 0 Å². The summed E-state index contributed by atoms with van der Waals surface area (Å²) in [4.78, 5) is 0. The number of unbranched alkanes of at least 4 members (excludes halogenated alkanes) is 3. The fraction of sp³-hybridized carbons (Fsp3) is 0.600. The van der Waals surface area contributed by atoms with Crippen molar-refractivity contribution in [1.29, 1.82) is 0 Å². The fourth-order valence-electron chi connectivity index (χ4n) is 7.76. The van der Waals surface area contributed by atoms with E-state index in [2.05, 4.69) is 140 Å². The maximum atomic E-state index is 6.15. The van der Waals surface area contributed by atoms with Crippen molar-refractivity contribution in [3.8, 4) is 5.75 Å². The summed E-state index contributed by atoms with van der Waals surface area (Å²) in [7, 11) is 0. The Kier molecular flexibility index (Phi) is 11.9. The number of fused-ring (bicyclic) bond motifs is 3. The number of aromatic nitrogens is 1. The summed E-state index contributed by atoms with van der Waals surface area (Å²) in [5, 5.41) is 2.71. The molecule has 2 heterocycles. The van der Waals surface area contributed by atoms with Gasteiger partial charge in [0.1, 0.15) is 5.75 Å². The van der Waals surface area contributed by atoms with Crippen LogP contribution in [-0.4, -0.2) is 37.6 Å². The van der Waals surface area contributed by atoms with Gasteiger partial charge in [0.2, 0.25) is 0 Å². The molecule has 0 spiro atoms. The molecular formula is C45H65NO3. The van der Waals surface area contributed by atoms with Gasteiger partial charge in [-0.3, -0.25) is 0 Å². The molecule has 4 aromatic rings. The number of hydrogen-bond donors (Lipinski definition) is 0. The standard InChI is InChI=1S/C45H65NO3/c1-10-34(35-23-25-36(26-24-35)49-28-18-12-11-17-27-47-31-45(9)32-48-33-45)29-43(5,6)44(7,8)30-41(42(2,3)4)46-39-21-15-13-19-37(39)38-20-14-16-22-40(38)46/h13-16,19-26,34,41H,10-12,17-18,27-33H2,1-9H3. The molecule has 2 atom stereocenters. The molecule has 0 saturated carbocycles. The largest absolute Gasteiger partial charge is 0.494 e. The van der Waals surface area contributed by atoms with E-state index in [4.69, 9.17) is 14.2 Å². The molecule has 0 N–H and O–H groups in total. The molecular weight excluding hydrogens is 602 g/mol. The Morgan fingerprint density at radius 2 is 1.27 bits per heavy atom. The number of nitrogens with zero attached hydrogens (tertiary/aromatic N) is 1. The van der Waals surface area contributed by atoms with Crippen LogP contribution in [0.5, 0.6) is 5.75 Å². The normalized spacial score (nSPS) is 16.5. The van der Waals surface area contributed by atoms with E-state index in [0.717, 1.165) is 70.9 Å². The molecule has 0 amide bonds. The first-order chi connectivity index (χ1) is 23.2. The molecule has 0 bridgehead atoms. The van der Waals surface area contributed by atoms with Gasteiger partial charge in [-0.1, -0.05) is 117 Å². The lowest BCUT2D eigenvalue weighted by molar-refractivity contribution is -0.137. The molecule has 1 aliphatic heterocycles. The van der Waals surface area contributed by atoms with Gasteiger partial charge in [-0.15, -0.1) is 0 Å². The molecule has 268 valence electrons. The van der Waals surface area contributed by atoms with Crippen LogP contribution in [-0.2, 0) is 9.47 Å². The van der Waals surface area contributed by atoms with E-state index in [0.29, 0.717) is 12.0 Å². The van der Waals surface area contributed by atoms with Gasteiger partial charge in [0, 0.05) is 39.9 Å². The highest BCUT2D eigenvalue weighted by atomic mass is 16.5. The maximum Gasteiger partial charge on any atom is 0.119 e. The molecule has 2 unspecified atom stereocenters. The van der Waals surface area contributed by atoms with Crippen molar-refractivity contribution < 1.29 is 14.2 Å². The zero-order chi connectivity index (χ0) is 35.3. The fourth-order valence-corrected chi connectivity index (χ4v) is 7.76. The van der Waals surface area contributed by atoms with Gasteiger partial charge < -0.3 is 18.8 Å². The van der Waals surface area contributed by atoms with Gasteiger partial charge in [0.05, 0.1) is 26.4 Å². The van der Waals surface area contributed by atoms with Crippen molar-refractivity contribution in [2.75, 3.05) is 33.0 Å². The van der Waals surface area contributed by atoms with E-state index in [1.54, 1.807) is 0 Å². The minimum Gasteiger partial charge on any atom is -0.494 e. The summed E-state index contributed by atoms with van der Waals surface area (Å²) in [6, 6.07) is 27.3. The van der Waals surface area contributed by atoms with Crippen LogP contribution in [0.4, 0.5) is 0 Å². The molecule has 4 nitrogen and oxygen atoms in total. The number of benzene rings is 3. The zero-order valence-corrected chi connectivity index (χ0v) is 32.2. The minimum absolute atomic E-state index is 0.0934. The highest BCUT2D eigenvalue weighted by molar-refractivity contribution is 6.08. The Morgan fingerprint density at radius 1 is 0.714 bits per heavy atom. The molecule has 1 fully saturated rings. The summed E-state index contributed by atoms with van der Waals surface area (Å²) < 4.78 is 20.0. The smallest absolute Gasteiger partial charge is 0.119 e. The first-order valence-electron chi connectivity index (χ1n) is 19.1. The number of para-hydroxylation sites is 2. The molecule has 0 aliphatic carbocycles. The summed E-state index contributed by atoms with van der Waals surface area (Å²) in [6.45, 7) is 26.0. The number of ether oxygens (including phenoxy) is 3. The Balaban J connectivity index is 1.17. The van der Waals surface area contributed by atoms with E-state index in [1.165, 1.54) is 40.2 Å². The second kappa shape index (κ2) is 15.6. The third-order valence-corrected chi connectivity index (χ3v) is 11.9. The highest BCUT2D eigenvalue weighted by Gasteiger charge is 2.43. The lowest BCUT2D eigenvalue weighted by Crippen LogP contribution is -2.43. The van der Waals surface area contributed by atoms with Gasteiger partial charge in [-0.25, -0.2) is 0 Å². The average molecular weight is 668 g/mol. The average Bonchev–Trinajstić information content (AvgIpc) is 3.38.